The van der Waals surface area contributed by atoms with Crippen molar-refractivity contribution in [2.45, 2.75) is 19.4 Å². The summed E-state index contributed by atoms with van der Waals surface area (Å²) in [6.07, 6.45) is 1.59. The minimum absolute atomic E-state index is 0.204. The van der Waals surface area contributed by atoms with Crippen molar-refractivity contribution in [2.75, 3.05) is 13.6 Å². The van der Waals surface area contributed by atoms with E-state index in [1.807, 2.05) is 6.07 Å². The van der Waals surface area contributed by atoms with Gasteiger partial charge in [-0.15, -0.1) is 0 Å². The third kappa shape index (κ3) is 5.37. The number of halogens is 1. The van der Waals surface area contributed by atoms with Gasteiger partial charge in [-0.3, -0.25) is 4.79 Å². The van der Waals surface area contributed by atoms with E-state index in [-0.39, 0.29) is 18.5 Å². The summed E-state index contributed by atoms with van der Waals surface area (Å²) < 4.78 is 18.3. The van der Waals surface area contributed by atoms with E-state index in [4.69, 9.17) is 10.00 Å². The topological polar surface area (TPSA) is 70.4 Å². The fourth-order valence-corrected chi connectivity index (χ4v) is 1.67. The average Bonchev–Trinajstić information content (AvgIpc) is 2.50. The number of nitrogens with zero attached hydrogens (tertiary/aromatic N) is 2. The molecule has 116 valence electrons. The summed E-state index contributed by atoms with van der Waals surface area (Å²) in [5.41, 5.74) is 0.254. The monoisotopic (exact) mass is 304 g/mol. The molecule has 0 aliphatic rings. The zero-order valence-electron chi connectivity index (χ0n) is 12.5. The molecule has 0 fully saturated rings. The van der Waals surface area contributed by atoms with E-state index >= 15 is 0 Å². The fraction of sp³-hybridized carbons (Fsp3) is 0.312. The second-order valence-corrected chi connectivity index (χ2v) is 4.60. The molecular weight excluding hydrogens is 287 g/mol. The predicted octanol–water partition coefficient (Wildman–Crippen LogP) is 2.14. The van der Waals surface area contributed by atoms with Crippen LogP contribution in [0.1, 0.15) is 18.9 Å². The first-order chi connectivity index (χ1) is 10.5. The second kappa shape index (κ2) is 8.57. The normalized spacial score (nSPS) is 11.7. The Kier molecular flexibility index (Phi) is 6.77. The second-order valence-electron chi connectivity index (χ2n) is 4.60. The van der Waals surface area contributed by atoms with Crippen molar-refractivity contribution in [1.29, 1.82) is 5.26 Å². The van der Waals surface area contributed by atoms with Gasteiger partial charge in [0.05, 0.1) is 12.5 Å². The van der Waals surface area contributed by atoms with Crippen molar-refractivity contribution >= 4 is 18.0 Å². The molecule has 0 aliphatic carbocycles. The van der Waals surface area contributed by atoms with Crippen LogP contribution in [0.4, 0.5) is 4.39 Å². The van der Waals surface area contributed by atoms with E-state index in [1.54, 1.807) is 12.1 Å². The van der Waals surface area contributed by atoms with Gasteiger partial charge in [0.1, 0.15) is 5.82 Å². The van der Waals surface area contributed by atoms with Crippen LogP contribution in [0.3, 0.4) is 0 Å². The summed E-state index contributed by atoms with van der Waals surface area (Å²) in [7, 11) is 1.53. The molecule has 0 bridgehead atoms. The molecular formula is C16H17FN2O3. The Balaban J connectivity index is 2.56. The third-order valence-electron chi connectivity index (χ3n) is 2.88. The molecule has 5 nitrogen and oxygen atoms in total. The standard InChI is InChI=1S/C16H17FN2O3/c1-12(16(21)19(2)11-5-10-18)22-15(20)9-8-13-6-3-4-7-14(13)17/h3-4,6-9,12H,5,11H2,1-2H3/b9-8+/t12-/m0/s1. The van der Waals surface area contributed by atoms with Crippen molar-refractivity contribution in [3.63, 3.8) is 0 Å². The zero-order valence-corrected chi connectivity index (χ0v) is 12.5. The van der Waals surface area contributed by atoms with Crippen LogP contribution in [0.5, 0.6) is 0 Å². The number of amides is 1. The Hall–Kier alpha value is -2.68. The molecule has 0 saturated heterocycles. The van der Waals surface area contributed by atoms with Crippen molar-refractivity contribution < 1.29 is 18.7 Å². The molecule has 0 unspecified atom stereocenters. The smallest absolute Gasteiger partial charge is 0.331 e. The van der Waals surface area contributed by atoms with Crippen molar-refractivity contribution in [3.05, 3.63) is 41.7 Å². The molecule has 0 aliphatic heterocycles. The summed E-state index contributed by atoms with van der Waals surface area (Å²) in [5, 5.41) is 8.47. The Bertz CT molecular complexity index is 608. The summed E-state index contributed by atoms with van der Waals surface area (Å²) in [4.78, 5) is 24.8. The van der Waals surface area contributed by atoms with E-state index in [9.17, 15) is 14.0 Å². The lowest BCUT2D eigenvalue weighted by molar-refractivity contribution is -0.154. The molecule has 1 aromatic carbocycles. The first-order valence-electron chi connectivity index (χ1n) is 6.71. The van der Waals surface area contributed by atoms with Gasteiger partial charge >= 0.3 is 5.97 Å². The molecule has 0 heterocycles. The maximum Gasteiger partial charge on any atom is 0.331 e. The number of benzene rings is 1. The number of rotatable bonds is 6. The summed E-state index contributed by atoms with van der Waals surface area (Å²) in [6.45, 7) is 1.71. The molecule has 6 heteroatoms. The Labute approximate surface area is 128 Å². The van der Waals surface area contributed by atoms with Gasteiger partial charge in [0.25, 0.3) is 5.91 Å². The van der Waals surface area contributed by atoms with E-state index in [1.165, 1.54) is 37.1 Å². The lowest BCUT2D eigenvalue weighted by Crippen LogP contribution is -2.37. The molecule has 1 atom stereocenters. The highest BCUT2D eigenvalue weighted by molar-refractivity contribution is 5.90. The molecule has 0 aromatic heterocycles. The number of nitriles is 1. The van der Waals surface area contributed by atoms with Gasteiger partial charge in [-0.1, -0.05) is 18.2 Å². The maximum atomic E-state index is 13.4. The molecule has 1 rings (SSSR count). The number of esters is 1. The third-order valence-corrected chi connectivity index (χ3v) is 2.88. The lowest BCUT2D eigenvalue weighted by Gasteiger charge is -2.19. The van der Waals surface area contributed by atoms with E-state index in [0.717, 1.165) is 6.08 Å². The number of hydrogen-bond donors (Lipinski definition) is 0. The van der Waals surface area contributed by atoms with Gasteiger partial charge < -0.3 is 9.64 Å². The van der Waals surface area contributed by atoms with Crippen LogP contribution in [0.2, 0.25) is 0 Å². The highest BCUT2D eigenvalue weighted by Gasteiger charge is 2.20. The summed E-state index contributed by atoms with van der Waals surface area (Å²) >= 11 is 0. The number of ether oxygens (including phenoxy) is 1. The molecule has 0 N–H and O–H groups in total. The lowest BCUT2D eigenvalue weighted by atomic mass is 10.2. The van der Waals surface area contributed by atoms with Crippen LogP contribution in [-0.2, 0) is 14.3 Å². The zero-order chi connectivity index (χ0) is 16.5. The van der Waals surface area contributed by atoms with E-state index in [2.05, 4.69) is 0 Å². The van der Waals surface area contributed by atoms with E-state index < -0.39 is 23.8 Å². The van der Waals surface area contributed by atoms with Crippen LogP contribution in [0.15, 0.2) is 30.3 Å². The average molecular weight is 304 g/mol. The number of carbonyl (C=O) groups is 2. The maximum absolute atomic E-state index is 13.4. The van der Waals surface area contributed by atoms with Gasteiger partial charge in [-0.2, -0.15) is 5.26 Å². The minimum Gasteiger partial charge on any atom is -0.449 e. The van der Waals surface area contributed by atoms with Crippen LogP contribution in [0.25, 0.3) is 6.08 Å². The number of likely N-dealkylation sites (N-methyl/N-ethyl adjacent to an activating group) is 1. The SMILES string of the molecule is C[C@H](OC(=O)/C=C/c1ccccc1F)C(=O)N(C)CCC#N. The van der Waals surface area contributed by atoms with Crippen LogP contribution >= 0.6 is 0 Å². The predicted molar refractivity (Wildman–Crippen MR) is 78.9 cm³/mol. The molecule has 0 radical (unpaired) electrons. The summed E-state index contributed by atoms with van der Waals surface area (Å²) in [5.74, 6) is -1.59. The summed E-state index contributed by atoms with van der Waals surface area (Å²) in [6, 6.07) is 7.91. The Morgan fingerprint density at radius 2 is 2.14 bits per heavy atom. The molecule has 22 heavy (non-hydrogen) atoms. The molecule has 1 amide bonds. The fourth-order valence-electron chi connectivity index (χ4n) is 1.67. The van der Waals surface area contributed by atoms with Gasteiger partial charge in [0.15, 0.2) is 6.10 Å². The quantitative estimate of drug-likeness (QED) is 0.596. The highest BCUT2D eigenvalue weighted by Crippen LogP contribution is 2.08. The van der Waals surface area contributed by atoms with Crippen molar-refractivity contribution in [1.82, 2.24) is 4.90 Å². The first kappa shape index (κ1) is 17.4. The van der Waals surface area contributed by atoms with E-state index in [0.29, 0.717) is 0 Å². The number of carbonyl (C=O) groups excluding carboxylic acids is 2. The Morgan fingerprint density at radius 3 is 2.77 bits per heavy atom. The molecule has 1 aromatic rings. The minimum atomic E-state index is -0.971. The van der Waals surface area contributed by atoms with Crippen LogP contribution in [0, 0.1) is 17.1 Å². The largest absolute Gasteiger partial charge is 0.449 e. The van der Waals surface area contributed by atoms with Crippen molar-refractivity contribution in [2.24, 2.45) is 0 Å². The van der Waals surface area contributed by atoms with Crippen molar-refractivity contribution in [3.8, 4) is 6.07 Å². The van der Waals surface area contributed by atoms with Gasteiger partial charge in [-0.05, 0) is 19.1 Å². The number of hydrogen-bond acceptors (Lipinski definition) is 4. The Morgan fingerprint density at radius 1 is 1.45 bits per heavy atom. The van der Waals surface area contributed by atoms with Gasteiger partial charge in [0.2, 0.25) is 0 Å². The van der Waals surface area contributed by atoms with Gasteiger partial charge in [-0.25, -0.2) is 9.18 Å². The first-order valence-corrected chi connectivity index (χ1v) is 6.71. The molecule has 0 spiro atoms. The van der Waals surface area contributed by atoms with Gasteiger partial charge in [0, 0.05) is 25.2 Å². The molecule has 0 saturated carbocycles. The highest BCUT2D eigenvalue weighted by atomic mass is 19.1. The van der Waals surface area contributed by atoms with Crippen LogP contribution < -0.4 is 0 Å². The van der Waals surface area contributed by atoms with Crippen LogP contribution in [-0.4, -0.2) is 36.5 Å².